The summed E-state index contributed by atoms with van der Waals surface area (Å²) in [5.41, 5.74) is 3.33. The summed E-state index contributed by atoms with van der Waals surface area (Å²) < 4.78 is 7.99. The second-order valence-electron chi connectivity index (χ2n) is 6.74. The summed E-state index contributed by atoms with van der Waals surface area (Å²) in [5.74, 6) is 0.860. The molecular formula is C25H22N2O2. The van der Waals surface area contributed by atoms with E-state index >= 15 is 0 Å². The van der Waals surface area contributed by atoms with Crippen LogP contribution in [-0.4, -0.2) is 15.5 Å². The van der Waals surface area contributed by atoms with E-state index in [4.69, 9.17) is 9.72 Å². The summed E-state index contributed by atoms with van der Waals surface area (Å²) in [5, 5.41) is 0. The Morgan fingerprint density at radius 3 is 2.21 bits per heavy atom. The quantitative estimate of drug-likeness (QED) is 0.313. The highest BCUT2D eigenvalue weighted by molar-refractivity contribution is 5.95. The highest BCUT2D eigenvalue weighted by Gasteiger charge is 2.15. The normalized spacial score (nSPS) is 11.6. The number of ether oxygens (including phenoxy) is 1. The van der Waals surface area contributed by atoms with Crippen molar-refractivity contribution in [3.8, 4) is 0 Å². The zero-order valence-corrected chi connectivity index (χ0v) is 16.3. The first-order valence-electron chi connectivity index (χ1n) is 9.76. The average Bonchev–Trinajstić information content (AvgIpc) is 3.12. The van der Waals surface area contributed by atoms with Crippen molar-refractivity contribution in [2.45, 2.75) is 19.9 Å². The fraction of sp³-hybridized carbons (Fsp3) is 0.120. The molecule has 0 aliphatic heterocycles. The van der Waals surface area contributed by atoms with Crippen LogP contribution < -0.4 is 0 Å². The topological polar surface area (TPSA) is 44.1 Å². The third-order valence-electron chi connectivity index (χ3n) is 4.66. The van der Waals surface area contributed by atoms with E-state index in [1.165, 1.54) is 0 Å². The van der Waals surface area contributed by atoms with Gasteiger partial charge in [-0.05, 0) is 30.7 Å². The molecule has 0 saturated carbocycles. The first-order chi connectivity index (χ1) is 14.3. The first-order valence-corrected chi connectivity index (χ1v) is 9.76. The van der Waals surface area contributed by atoms with Crippen molar-refractivity contribution in [2.24, 2.45) is 0 Å². The maximum absolute atomic E-state index is 12.7. The van der Waals surface area contributed by atoms with Crippen molar-refractivity contribution in [3.05, 3.63) is 102 Å². The number of hydrogen-bond acceptors (Lipinski definition) is 3. The average molecular weight is 382 g/mol. The van der Waals surface area contributed by atoms with E-state index in [9.17, 15) is 4.79 Å². The number of imidazole rings is 1. The van der Waals surface area contributed by atoms with Crippen LogP contribution in [0.4, 0.5) is 0 Å². The molecular weight excluding hydrogens is 360 g/mol. The summed E-state index contributed by atoms with van der Waals surface area (Å²) in [6.45, 7) is 2.97. The number of nitrogens with zero attached hydrogens (tertiary/aromatic N) is 2. The third-order valence-corrected chi connectivity index (χ3v) is 4.66. The molecule has 0 bridgehead atoms. The van der Waals surface area contributed by atoms with E-state index in [0.29, 0.717) is 11.3 Å². The van der Waals surface area contributed by atoms with Crippen LogP contribution in [-0.2, 0) is 11.3 Å². The Labute approximate surface area is 170 Å². The van der Waals surface area contributed by atoms with Crippen molar-refractivity contribution >= 4 is 28.8 Å². The lowest BCUT2D eigenvalue weighted by Gasteiger charge is -2.11. The van der Waals surface area contributed by atoms with Gasteiger partial charge in [-0.15, -0.1) is 0 Å². The van der Waals surface area contributed by atoms with E-state index in [1.807, 2.05) is 72.8 Å². The van der Waals surface area contributed by atoms with Crippen LogP contribution >= 0.6 is 0 Å². The van der Waals surface area contributed by atoms with Crippen LogP contribution in [0.5, 0.6) is 0 Å². The van der Waals surface area contributed by atoms with Gasteiger partial charge in [0.1, 0.15) is 11.6 Å². The Morgan fingerprint density at radius 1 is 0.897 bits per heavy atom. The molecule has 0 saturated heterocycles. The molecule has 0 radical (unpaired) electrons. The molecule has 0 atom stereocenters. The minimum atomic E-state index is -0.390. The smallest absolute Gasteiger partial charge is 0.343 e. The largest absolute Gasteiger partial charge is 0.422 e. The predicted molar refractivity (Wildman–Crippen MR) is 116 cm³/mol. The van der Waals surface area contributed by atoms with Gasteiger partial charge < -0.3 is 9.30 Å². The van der Waals surface area contributed by atoms with Gasteiger partial charge in [0.05, 0.1) is 16.6 Å². The summed E-state index contributed by atoms with van der Waals surface area (Å²) in [4.78, 5) is 17.5. The lowest BCUT2D eigenvalue weighted by molar-refractivity contribution is 0.0693. The van der Waals surface area contributed by atoms with Crippen LogP contribution in [0.3, 0.4) is 0 Å². The highest BCUT2D eigenvalue weighted by Crippen LogP contribution is 2.24. The zero-order chi connectivity index (χ0) is 20.1. The molecule has 0 aliphatic carbocycles. The molecule has 0 amide bonds. The Hall–Kier alpha value is -3.66. The molecule has 1 heterocycles. The molecule has 3 aromatic carbocycles. The molecule has 0 aliphatic rings. The van der Waals surface area contributed by atoms with Gasteiger partial charge >= 0.3 is 5.97 Å². The Bertz CT molecular complexity index is 1150. The van der Waals surface area contributed by atoms with Crippen molar-refractivity contribution in [3.63, 3.8) is 0 Å². The Kier molecular flexibility index (Phi) is 5.52. The minimum absolute atomic E-state index is 0.390. The van der Waals surface area contributed by atoms with Gasteiger partial charge in [-0.1, -0.05) is 67.6 Å². The number of rotatable bonds is 6. The van der Waals surface area contributed by atoms with Gasteiger partial charge in [0, 0.05) is 18.2 Å². The van der Waals surface area contributed by atoms with Crippen LogP contribution in [0.25, 0.3) is 22.9 Å². The maximum Gasteiger partial charge on any atom is 0.343 e. The Balaban J connectivity index is 1.79. The number of benzene rings is 3. The highest BCUT2D eigenvalue weighted by atomic mass is 16.5. The van der Waals surface area contributed by atoms with Crippen molar-refractivity contribution in [1.29, 1.82) is 0 Å². The standard InChI is InChI=1S/C25H22N2O2/c1-2-17-27-22-16-10-9-15-21(22)26-24(27)18-23(19-11-5-3-6-12-19)29-25(28)20-13-7-4-8-14-20/h3-16,18H,2,17H2,1H3/b23-18+. The van der Waals surface area contributed by atoms with Crippen LogP contribution in [0.2, 0.25) is 0 Å². The predicted octanol–water partition coefficient (Wildman–Crippen LogP) is 5.80. The third kappa shape index (κ3) is 4.11. The monoisotopic (exact) mass is 382 g/mol. The summed E-state index contributed by atoms with van der Waals surface area (Å²) in [7, 11) is 0. The molecule has 144 valence electrons. The zero-order valence-electron chi connectivity index (χ0n) is 16.3. The van der Waals surface area contributed by atoms with Crippen LogP contribution in [0, 0.1) is 0 Å². The fourth-order valence-corrected chi connectivity index (χ4v) is 3.29. The minimum Gasteiger partial charge on any atom is -0.422 e. The SMILES string of the molecule is CCCn1c(/C=C(/OC(=O)c2ccccc2)c2ccccc2)nc2ccccc21. The number of carbonyl (C=O) groups excluding carboxylic acids is 1. The number of fused-ring (bicyclic) bond motifs is 1. The second kappa shape index (κ2) is 8.57. The van der Waals surface area contributed by atoms with E-state index in [2.05, 4.69) is 17.6 Å². The second-order valence-corrected chi connectivity index (χ2v) is 6.74. The summed E-state index contributed by atoms with van der Waals surface area (Å²) >= 11 is 0. The molecule has 1 aromatic heterocycles. The van der Waals surface area contributed by atoms with Crippen LogP contribution in [0.15, 0.2) is 84.9 Å². The molecule has 0 unspecified atom stereocenters. The Morgan fingerprint density at radius 2 is 1.52 bits per heavy atom. The van der Waals surface area contributed by atoms with Crippen LogP contribution in [0.1, 0.15) is 35.1 Å². The van der Waals surface area contributed by atoms with Crippen molar-refractivity contribution in [1.82, 2.24) is 9.55 Å². The molecule has 4 nitrogen and oxygen atoms in total. The molecule has 0 spiro atoms. The molecule has 4 rings (SSSR count). The number of para-hydroxylation sites is 2. The number of carbonyl (C=O) groups is 1. The van der Waals surface area contributed by atoms with E-state index < -0.39 is 0 Å². The van der Waals surface area contributed by atoms with Gasteiger partial charge in [0.25, 0.3) is 0 Å². The molecule has 29 heavy (non-hydrogen) atoms. The van der Waals surface area contributed by atoms with Gasteiger partial charge in [-0.25, -0.2) is 9.78 Å². The number of aromatic nitrogens is 2. The molecule has 4 heteroatoms. The van der Waals surface area contributed by atoms with Crippen molar-refractivity contribution < 1.29 is 9.53 Å². The van der Waals surface area contributed by atoms with Crippen molar-refractivity contribution in [2.75, 3.05) is 0 Å². The number of hydrogen-bond donors (Lipinski definition) is 0. The number of aryl methyl sites for hydroxylation is 1. The summed E-state index contributed by atoms with van der Waals surface area (Å²) in [6, 6.07) is 26.7. The van der Waals surface area contributed by atoms with Gasteiger partial charge in [-0.2, -0.15) is 0 Å². The first kappa shape index (κ1) is 18.7. The van der Waals surface area contributed by atoms with E-state index in [1.54, 1.807) is 12.1 Å². The molecule has 0 N–H and O–H groups in total. The van der Waals surface area contributed by atoms with Gasteiger partial charge in [-0.3, -0.25) is 0 Å². The van der Waals surface area contributed by atoms with Gasteiger partial charge in [0.2, 0.25) is 0 Å². The summed E-state index contributed by atoms with van der Waals surface area (Å²) in [6.07, 6.45) is 2.83. The maximum atomic E-state index is 12.7. The fourth-order valence-electron chi connectivity index (χ4n) is 3.29. The molecule has 0 fully saturated rings. The van der Waals surface area contributed by atoms with Gasteiger partial charge in [0.15, 0.2) is 0 Å². The number of esters is 1. The molecule has 4 aromatic rings. The lowest BCUT2D eigenvalue weighted by Crippen LogP contribution is -2.06. The van der Waals surface area contributed by atoms with E-state index in [-0.39, 0.29) is 5.97 Å². The lowest BCUT2D eigenvalue weighted by atomic mass is 10.1. The van der Waals surface area contributed by atoms with E-state index in [0.717, 1.165) is 35.4 Å².